The molecule has 0 amide bonds. The van der Waals surface area contributed by atoms with Crippen molar-refractivity contribution in [1.82, 2.24) is 19.8 Å². The Kier molecular flexibility index (Phi) is 8.44. The summed E-state index contributed by atoms with van der Waals surface area (Å²) in [6.45, 7) is 9.99. The molecule has 3 rings (SSSR count). The number of hydrogen-bond acceptors (Lipinski definition) is 5. The van der Waals surface area contributed by atoms with Gasteiger partial charge >= 0.3 is 0 Å². The summed E-state index contributed by atoms with van der Waals surface area (Å²) in [7, 11) is -3.64. The van der Waals surface area contributed by atoms with Gasteiger partial charge in [0, 0.05) is 19.2 Å². The lowest BCUT2D eigenvalue weighted by atomic mass is 10.2. The molecule has 1 fully saturated rings. The first-order chi connectivity index (χ1) is 15.3. The SMILES string of the molecule is C=CCN(Cc1cnc(S(=O)(=O)Cc2ccccc2)n1C[C@H]1CCCO1)C(=S)NC(C)C. The normalized spacial score (nSPS) is 16.3. The highest BCUT2D eigenvalue weighted by Gasteiger charge is 2.28. The van der Waals surface area contributed by atoms with Crippen LogP contribution in [0.15, 0.2) is 54.3 Å². The molecular formula is C23H32N4O3S2. The Balaban J connectivity index is 1.92. The number of thiocarbonyl (C=S) groups is 1. The van der Waals surface area contributed by atoms with Crippen LogP contribution in [0.4, 0.5) is 0 Å². The van der Waals surface area contributed by atoms with Crippen LogP contribution in [0.2, 0.25) is 0 Å². The summed E-state index contributed by atoms with van der Waals surface area (Å²) in [5.41, 5.74) is 1.51. The molecule has 7 nitrogen and oxygen atoms in total. The number of nitrogens with zero attached hydrogens (tertiary/aromatic N) is 3. The lowest BCUT2D eigenvalue weighted by Gasteiger charge is -2.27. The van der Waals surface area contributed by atoms with Crippen LogP contribution in [-0.4, -0.2) is 53.3 Å². The van der Waals surface area contributed by atoms with Crippen LogP contribution in [0.1, 0.15) is 37.9 Å². The third-order valence-electron chi connectivity index (χ3n) is 5.19. The molecule has 1 atom stereocenters. The van der Waals surface area contributed by atoms with Crippen LogP contribution in [0, 0.1) is 0 Å². The summed E-state index contributed by atoms with van der Waals surface area (Å²) < 4.78 is 34.2. The van der Waals surface area contributed by atoms with Crippen molar-refractivity contribution in [3.05, 3.63) is 60.4 Å². The minimum Gasteiger partial charge on any atom is -0.376 e. The van der Waals surface area contributed by atoms with E-state index in [0.717, 1.165) is 24.1 Å². The van der Waals surface area contributed by atoms with E-state index in [0.29, 0.717) is 31.4 Å². The van der Waals surface area contributed by atoms with Gasteiger partial charge in [-0.25, -0.2) is 13.4 Å². The first-order valence-electron chi connectivity index (χ1n) is 10.9. The smallest absolute Gasteiger partial charge is 0.228 e. The van der Waals surface area contributed by atoms with E-state index < -0.39 is 9.84 Å². The predicted molar refractivity (Wildman–Crippen MR) is 130 cm³/mol. The van der Waals surface area contributed by atoms with Crippen molar-refractivity contribution in [3.63, 3.8) is 0 Å². The average molecular weight is 477 g/mol. The number of nitrogens with one attached hydrogen (secondary N) is 1. The van der Waals surface area contributed by atoms with Gasteiger partial charge in [-0.05, 0) is 44.5 Å². The number of aromatic nitrogens is 2. The van der Waals surface area contributed by atoms with Gasteiger partial charge in [-0.2, -0.15) is 0 Å². The zero-order valence-electron chi connectivity index (χ0n) is 18.7. The van der Waals surface area contributed by atoms with E-state index in [9.17, 15) is 8.42 Å². The molecule has 2 aromatic rings. The van der Waals surface area contributed by atoms with Crippen LogP contribution in [0.5, 0.6) is 0 Å². The van der Waals surface area contributed by atoms with Crippen LogP contribution in [0.3, 0.4) is 0 Å². The summed E-state index contributed by atoms with van der Waals surface area (Å²) in [5, 5.41) is 3.92. The monoisotopic (exact) mass is 476 g/mol. The fourth-order valence-electron chi connectivity index (χ4n) is 3.72. The Labute approximate surface area is 196 Å². The lowest BCUT2D eigenvalue weighted by molar-refractivity contribution is 0.0937. The van der Waals surface area contributed by atoms with Crippen molar-refractivity contribution in [1.29, 1.82) is 0 Å². The second-order valence-corrected chi connectivity index (χ2v) is 10.6. The fraction of sp³-hybridized carbons (Fsp3) is 0.478. The molecule has 0 bridgehead atoms. The molecular weight excluding hydrogens is 444 g/mol. The number of rotatable bonds is 10. The third kappa shape index (κ3) is 6.40. The average Bonchev–Trinajstić information content (AvgIpc) is 3.38. The largest absolute Gasteiger partial charge is 0.376 e. The van der Waals surface area contributed by atoms with Crippen molar-refractivity contribution < 1.29 is 13.2 Å². The molecule has 1 aromatic heterocycles. The number of sulfone groups is 1. The molecule has 174 valence electrons. The van der Waals surface area contributed by atoms with Crippen molar-refractivity contribution >= 4 is 27.2 Å². The number of hydrogen-bond donors (Lipinski definition) is 1. The molecule has 1 aliphatic rings. The van der Waals surface area contributed by atoms with E-state index in [-0.39, 0.29) is 23.1 Å². The standard InChI is InChI=1S/C23H32N4O3S2/c1-4-12-26(22(31)25-18(2)3)15-20-14-24-23(27(20)16-21-11-8-13-30-21)32(28,29)17-19-9-6-5-7-10-19/h4-7,9-10,14,18,21H,1,8,11-13,15-17H2,2-3H3,(H,25,31)/t21-/m1/s1. The second kappa shape index (κ2) is 11.1. The highest BCUT2D eigenvalue weighted by atomic mass is 32.2. The first kappa shape index (κ1) is 24.4. The van der Waals surface area contributed by atoms with Gasteiger partial charge in [0.2, 0.25) is 15.0 Å². The summed E-state index contributed by atoms with van der Waals surface area (Å²) in [5.74, 6) is -0.0977. The molecule has 0 saturated carbocycles. The molecule has 32 heavy (non-hydrogen) atoms. The maximum absolute atomic E-state index is 13.3. The van der Waals surface area contributed by atoms with Gasteiger partial charge in [-0.15, -0.1) is 6.58 Å². The summed E-state index contributed by atoms with van der Waals surface area (Å²) >= 11 is 5.56. The van der Waals surface area contributed by atoms with Gasteiger partial charge in [0.15, 0.2) is 5.11 Å². The van der Waals surface area contributed by atoms with Gasteiger partial charge in [-0.1, -0.05) is 36.4 Å². The fourth-order valence-corrected chi connectivity index (χ4v) is 5.60. The molecule has 1 aromatic carbocycles. The van der Waals surface area contributed by atoms with Crippen molar-refractivity contribution in [2.24, 2.45) is 0 Å². The quantitative estimate of drug-likeness (QED) is 0.416. The topological polar surface area (TPSA) is 76.5 Å². The maximum atomic E-state index is 13.3. The molecule has 9 heteroatoms. The van der Waals surface area contributed by atoms with Gasteiger partial charge in [0.25, 0.3) is 0 Å². The lowest BCUT2D eigenvalue weighted by Crippen LogP contribution is -2.42. The Morgan fingerprint density at radius 3 is 2.78 bits per heavy atom. The summed E-state index contributed by atoms with van der Waals surface area (Å²) in [4.78, 5) is 6.32. The van der Waals surface area contributed by atoms with Crippen molar-refractivity contribution in [2.45, 2.75) is 62.8 Å². The second-order valence-electron chi connectivity index (χ2n) is 8.30. The van der Waals surface area contributed by atoms with E-state index in [4.69, 9.17) is 17.0 Å². The molecule has 0 unspecified atom stereocenters. The van der Waals surface area contributed by atoms with E-state index >= 15 is 0 Å². The number of imidazole rings is 1. The van der Waals surface area contributed by atoms with Crippen molar-refractivity contribution in [3.8, 4) is 0 Å². The van der Waals surface area contributed by atoms with Gasteiger partial charge in [0.1, 0.15) is 0 Å². The molecule has 1 aliphatic heterocycles. The Morgan fingerprint density at radius 1 is 1.41 bits per heavy atom. The van der Waals surface area contributed by atoms with Crippen molar-refractivity contribution in [2.75, 3.05) is 13.2 Å². The molecule has 1 N–H and O–H groups in total. The van der Waals surface area contributed by atoms with Gasteiger partial charge < -0.3 is 19.5 Å². The zero-order chi connectivity index (χ0) is 23.1. The minimum atomic E-state index is -3.64. The van der Waals surface area contributed by atoms with Crippen LogP contribution >= 0.6 is 12.2 Å². The highest BCUT2D eigenvalue weighted by molar-refractivity contribution is 7.90. The van der Waals surface area contributed by atoms with E-state index in [1.807, 2.05) is 49.1 Å². The van der Waals surface area contributed by atoms with Crippen LogP contribution < -0.4 is 5.32 Å². The van der Waals surface area contributed by atoms with E-state index in [2.05, 4.69) is 16.9 Å². The Bertz CT molecular complexity index is 1010. The molecule has 0 aliphatic carbocycles. The minimum absolute atomic E-state index is 0.0257. The summed E-state index contributed by atoms with van der Waals surface area (Å²) in [6.07, 6.45) is 5.27. The molecule has 0 radical (unpaired) electrons. The molecule has 1 saturated heterocycles. The van der Waals surface area contributed by atoms with E-state index in [1.165, 1.54) is 0 Å². The Morgan fingerprint density at radius 2 is 2.16 bits per heavy atom. The molecule has 2 heterocycles. The summed E-state index contributed by atoms with van der Waals surface area (Å²) in [6, 6.07) is 9.36. The first-order valence-corrected chi connectivity index (χ1v) is 12.9. The maximum Gasteiger partial charge on any atom is 0.228 e. The number of benzene rings is 1. The van der Waals surface area contributed by atoms with E-state index in [1.54, 1.807) is 16.8 Å². The third-order valence-corrected chi connectivity index (χ3v) is 7.16. The molecule has 0 spiro atoms. The van der Waals surface area contributed by atoms with Crippen LogP contribution in [-0.2, 0) is 33.4 Å². The van der Waals surface area contributed by atoms with Gasteiger partial charge in [-0.3, -0.25) is 0 Å². The number of ether oxygens (including phenoxy) is 1. The van der Waals surface area contributed by atoms with Gasteiger partial charge in [0.05, 0.1) is 36.8 Å². The zero-order valence-corrected chi connectivity index (χ0v) is 20.4. The van der Waals surface area contributed by atoms with Crippen LogP contribution in [0.25, 0.3) is 0 Å². The highest BCUT2D eigenvalue weighted by Crippen LogP contribution is 2.22. The predicted octanol–water partition coefficient (Wildman–Crippen LogP) is 3.31. The Hall–Kier alpha value is -2.23.